The zero-order valence-corrected chi connectivity index (χ0v) is 20.7. The summed E-state index contributed by atoms with van der Waals surface area (Å²) in [6.45, 7) is 1.15. The number of nitrogen functional groups attached to an aromatic ring is 1. The fraction of sp³-hybridized carbons (Fsp3) is 0.438. The number of carbonyl (C=O) groups is 3. The number of carboxylic acids is 1. The SMILES string of the molecule is Nc1nc(/C(=N/O)C(=O)NC2C(=O)N3C(C(=O)[O-])=C(SC4CCOC4)CS[C@H]23)cs1.[Na+]. The monoisotopic (exact) mass is 493 g/mol. The number of hydrogen-bond donors (Lipinski definition) is 3. The van der Waals surface area contributed by atoms with Crippen molar-refractivity contribution in [3.05, 3.63) is 21.7 Å². The fourth-order valence-electron chi connectivity index (χ4n) is 3.30. The third-order valence-electron chi connectivity index (χ3n) is 4.69. The predicted octanol–water partition coefficient (Wildman–Crippen LogP) is -4.21. The number of nitrogens with two attached hydrogens (primary N) is 1. The van der Waals surface area contributed by atoms with E-state index < -0.39 is 29.2 Å². The van der Waals surface area contributed by atoms with Crippen LogP contribution in [0.4, 0.5) is 5.13 Å². The van der Waals surface area contributed by atoms with E-state index in [0.717, 1.165) is 22.7 Å². The van der Waals surface area contributed by atoms with Crippen LogP contribution in [0.2, 0.25) is 0 Å². The second-order valence-electron chi connectivity index (χ2n) is 6.54. The van der Waals surface area contributed by atoms with Gasteiger partial charge in [0.1, 0.15) is 17.1 Å². The van der Waals surface area contributed by atoms with Gasteiger partial charge in [0.15, 0.2) is 10.8 Å². The molecule has 4 N–H and O–H groups in total. The Kier molecular flexibility index (Phi) is 7.94. The largest absolute Gasteiger partial charge is 1.00 e. The van der Waals surface area contributed by atoms with Gasteiger partial charge in [0.05, 0.1) is 18.3 Å². The van der Waals surface area contributed by atoms with Crippen LogP contribution in [0.5, 0.6) is 0 Å². The number of amides is 2. The molecule has 2 fully saturated rings. The normalized spacial score (nSPS) is 25.5. The summed E-state index contributed by atoms with van der Waals surface area (Å²) < 4.78 is 5.32. The van der Waals surface area contributed by atoms with Gasteiger partial charge in [0.25, 0.3) is 11.8 Å². The Morgan fingerprint density at radius 3 is 2.84 bits per heavy atom. The molecule has 3 aliphatic rings. The zero-order chi connectivity index (χ0) is 21.4. The maximum Gasteiger partial charge on any atom is 1.00 e. The third-order valence-corrected chi connectivity index (χ3v) is 8.15. The number of fused-ring (bicyclic) bond motifs is 1. The standard InChI is InChI=1S/C16H17N5O6S3.Na/c17-16-18-7(4-29-16)9(20-26)12(22)19-10-13(23)21-11(15(24)25)8(5-28-14(10)21)30-6-1-2-27-3-6;/h4,6,10,14,26H,1-3,5H2,(H2,17,18)(H,19,22)(H,24,25);/q;+1/p-1/b20-9-;/t6?,10?,14-;/m1./s1. The van der Waals surface area contributed by atoms with Crippen molar-refractivity contribution in [3.8, 4) is 0 Å². The van der Waals surface area contributed by atoms with Gasteiger partial charge in [-0.25, -0.2) is 4.98 Å². The van der Waals surface area contributed by atoms with Crippen molar-refractivity contribution in [2.45, 2.75) is 23.1 Å². The summed E-state index contributed by atoms with van der Waals surface area (Å²) in [5, 5.41) is 27.6. The number of hydrogen-bond acceptors (Lipinski definition) is 12. The van der Waals surface area contributed by atoms with E-state index in [2.05, 4.69) is 15.5 Å². The number of carboxylic acid groups (broad SMARTS) is 1. The van der Waals surface area contributed by atoms with Crippen LogP contribution in [0.3, 0.4) is 0 Å². The molecule has 2 unspecified atom stereocenters. The van der Waals surface area contributed by atoms with Crippen LogP contribution in [-0.2, 0) is 19.1 Å². The van der Waals surface area contributed by atoms with Crippen LogP contribution >= 0.6 is 34.9 Å². The quantitative estimate of drug-likeness (QED) is 0.116. The second kappa shape index (κ2) is 10.1. The number of nitrogens with one attached hydrogen (secondary N) is 1. The molecular formula is C16H16N5NaO6S3. The van der Waals surface area contributed by atoms with Crippen LogP contribution in [0, 0.1) is 0 Å². The Bertz CT molecular complexity index is 963. The summed E-state index contributed by atoms with van der Waals surface area (Å²) in [4.78, 5) is 42.5. The molecule has 0 radical (unpaired) electrons. The smallest absolute Gasteiger partial charge is 0.543 e. The van der Waals surface area contributed by atoms with Crippen LogP contribution in [0.15, 0.2) is 21.1 Å². The minimum Gasteiger partial charge on any atom is -0.543 e. The second-order valence-corrected chi connectivity index (χ2v) is 9.93. The molecule has 1 aromatic rings. The number of ether oxygens (including phenoxy) is 1. The molecule has 0 aromatic carbocycles. The molecule has 2 amide bonds. The van der Waals surface area contributed by atoms with Gasteiger partial charge >= 0.3 is 29.6 Å². The Morgan fingerprint density at radius 1 is 1.48 bits per heavy atom. The number of oxime groups is 1. The van der Waals surface area contributed by atoms with Gasteiger partial charge in [-0.3, -0.25) is 14.5 Å². The van der Waals surface area contributed by atoms with Crippen molar-refractivity contribution in [1.29, 1.82) is 0 Å². The molecule has 31 heavy (non-hydrogen) atoms. The Balaban J connectivity index is 0.00000272. The number of aliphatic carboxylic acids is 1. The molecule has 0 saturated carbocycles. The zero-order valence-electron chi connectivity index (χ0n) is 16.3. The summed E-state index contributed by atoms with van der Waals surface area (Å²) in [6, 6.07) is -0.967. The molecule has 4 heterocycles. The number of anilines is 1. The number of thiazole rings is 1. The van der Waals surface area contributed by atoms with E-state index in [0.29, 0.717) is 23.9 Å². The van der Waals surface area contributed by atoms with Crippen molar-refractivity contribution in [3.63, 3.8) is 0 Å². The molecule has 1 aromatic heterocycles. The van der Waals surface area contributed by atoms with Crippen molar-refractivity contribution in [2.24, 2.45) is 5.16 Å². The van der Waals surface area contributed by atoms with E-state index >= 15 is 0 Å². The summed E-state index contributed by atoms with van der Waals surface area (Å²) in [5.41, 5.74) is 5.06. The molecule has 11 nitrogen and oxygen atoms in total. The van der Waals surface area contributed by atoms with E-state index in [1.165, 1.54) is 28.9 Å². The van der Waals surface area contributed by atoms with Crippen molar-refractivity contribution in [1.82, 2.24) is 15.2 Å². The Labute approximate surface area is 211 Å². The van der Waals surface area contributed by atoms with E-state index in [9.17, 15) is 24.7 Å². The number of β-lactam (4-membered cyclic amide) rings is 1. The fourth-order valence-corrected chi connectivity index (χ4v) is 6.59. The van der Waals surface area contributed by atoms with Gasteiger partial charge in [-0.15, -0.1) is 34.9 Å². The summed E-state index contributed by atoms with van der Waals surface area (Å²) in [7, 11) is 0. The molecule has 160 valence electrons. The Morgan fingerprint density at radius 2 is 2.26 bits per heavy atom. The van der Waals surface area contributed by atoms with Gasteiger partial charge in [0, 0.05) is 27.9 Å². The van der Waals surface area contributed by atoms with E-state index in [1.807, 2.05) is 0 Å². The van der Waals surface area contributed by atoms with Crippen molar-refractivity contribution < 1.29 is 59.0 Å². The molecule has 0 bridgehead atoms. The van der Waals surface area contributed by atoms with Gasteiger partial charge in [-0.2, -0.15) is 0 Å². The summed E-state index contributed by atoms with van der Waals surface area (Å²) >= 11 is 3.80. The van der Waals surface area contributed by atoms with E-state index in [4.69, 9.17) is 10.5 Å². The van der Waals surface area contributed by atoms with Crippen LogP contribution in [0.1, 0.15) is 12.1 Å². The van der Waals surface area contributed by atoms with Crippen LogP contribution in [0.25, 0.3) is 0 Å². The first-order valence-electron chi connectivity index (χ1n) is 8.78. The maximum atomic E-state index is 12.7. The van der Waals surface area contributed by atoms with Gasteiger partial charge < -0.3 is 30.9 Å². The van der Waals surface area contributed by atoms with E-state index in [1.54, 1.807) is 0 Å². The average Bonchev–Trinajstić information content (AvgIpc) is 3.38. The van der Waals surface area contributed by atoms with Gasteiger partial charge in [-0.05, 0) is 6.42 Å². The first-order chi connectivity index (χ1) is 14.4. The predicted molar refractivity (Wildman–Crippen MR) is 109 cm³/mol. The molecule has 0 aliphatic carbocycles. The van der Waals surface area contributed by atoms with Crippen molar-refractivity contribution in [2.75, 3.05) is 24.7 Å². The molecule has 4 rings (SSSR count). The Hall–Kier alpha value is -1.29. The number of nitrogens with zero attached hydrogens (tertiary/aromatic N) is 3. The third kappa shape index (κ3) is 4.74. The maximum absolute atomic E-state index is 12.7. The summed E-state index contributed by atoms with van der Waals surface area (Å²) in [6.07, 6.45) is 0.805. The van der Waals surface area contributed by atoms with Gasteiger partial charge in [0.2, 0.25) is 0 Å². The summed E-state index contributed by atoms with van der Waals surface area (Å²) in [5.74, 6) is -2.45. The number of thioether (sulfide) groups is 2. The first kappa shape index (κ1) is 24.4. The molecule has 15 heteroatoms. The van der Waals surface area contributed by atoms with Crippen LogP contribution in [-0.4, -0.2) is 74.2 Å². The number of carbonyl (C=O) groups excluding carboxylic acids is 3. The van der Waals surface area contributed by atoms with Crippen LogP contribution < -0.4 is 45.7 Å². The number of aromatic nitrogens is 1. The minimum absolute atomic E-state index is 0. The number of rotatable bonds is 6. The molecule has 3 aliphatic heterocycles. The molecule has 0 spiro atoms. The average molecular weight is 494 g/mol. The molecule has 3 atom stereocenters. The van der Waals surface area contributed by atoms with Crippen molar-refractivity contribution >= 4 is 63.5 Å². The molecule has 2 saturated heterocycles. The molecular weight excluding hydrogens is 477 g/mol. The van der Waals surface area contributed by atoms with E-state index in [-0.39, 0.29) is 57.0 Å². The topological polar surface area (TPSA) is 170 Å². The van der Waals surface area contributed by atoms with Gasteiger partial charge in [-0.1, -0.05) is 5.16 Å². The minimum atomic E-state index is -1.43. The first-order valence-corrected chi connectivity index (χ1v) is 11.6.